The molecule has 0 aliphatic rings. The SMILES string of the molecule is Cl.N#Cc1ccc(CN)s1. The second-order valence-electron chi connectivity index (χ2n) is 1.58. The fourth-order valence-corrected chi connectivity index (χ4v) is 1.23. The molecule has 0 aromatic carbocycles. The van der Waals surface area contributed by atoms with E-state index in [2.05, 4.69) is 0 Å². The van der Waals surface area contributed by atoms with Crippen molar-refractivity contribution >= 4 is 23.7 Å². The Bertz CT molecular complexity index is 238. The summed E-state index contributed by atoms with van der Waals surface area (Å²) < 4.78 is 0. The molecule has 2 N–H and O–H groups in total. The molecule has 0 amide bonds. The van der Waals surface area contributed by atoms with Gasteiger partial charge in [-0.2, -0.15) is 5.26 Å². The lowest BCUT2D eigenvalue weighted by molar-refractivity contribution is 1.11. The van der Waals surface area contributed by atoms with Gasteiger partial charge in [-0.15, -0.1) is 23.7 Å². The van der Waals surface area contributed by atoms with Gasteiger partial charge in [0.25, 0.3) is 0 Å². The molecule has 1 aromatic rings. The molecule has 0 atom stereocenters. The van der Waals surface area contributed by atoms with Crippen LogP contribution in [0, 0.1) is 11.3 Å². The van der Waals surface area contributed by atoms with Gasteiger partial charge in [-0.1, -0.05) is 0 Å². The zero-order chi connectivity index (χ0) is 6.69. The van der Waals surface area contributed by atoms with Crippen LogP contribution in [0.4, 0.5) is 0 Å². The highest BCUT2D eigenvalue weighted by Gasteiger charge is 1.94. The van der Waals surface area contributed by atoms with E-state index >= 15 is 0 Å². The molecular formula is C6H7ClN2S. The average molecular weight is 175 g/mol. The first kappa shape index (κ1) is 9.44. The zero-order valence-corrected chi connectivity index (χ0v) is 6.84. The summed E-state index contributed by atoms with van der Waals surface area (Å²) in [5.74, 6) is 0. The molecule has 0 bridgehead atoms. The van der Waals surface area contributed by atoms with Gasteiger partial charge in [-0.25, -0.2) is 0 Å². The second-order valence-corrected chi connectivity index (χ2v) is 2.75. The van der Waals surface area contributed by atoms with Crippen LogP contribution in [-0.2, 0) is 6.54 Å². The van der Waals surface area contributed by atoms with Crippen molar-refractivity contribution in [1.29, 1.82) is 5.26 Å². The smallest absolute Gasteiger partial charge is 0.110 e. The molecule has 0 aliphatic carbocycles. The third kappa shape index (κ3) is 1.99. The molecule has 0 unspecified atom stereocenters. The summed E-state index contributed by atoms with van der Waals surface area (Å²) in [6.07, 6.45) is 0. The maximum absolute atomic E-state index is 8.37. The Morgan fingerprint density at radius 2 is 2.30 bits per heavy atom. The standard InChI is InChI=1S/C6H6N2S.ClH/c7-3-5-1-2-6(4-8)9-5;/h1-2H,3,7H2;1H. The molecule has 1 aromatic heterocycles. The fourth-order valence-electron chi connectivity index (χ4n) is 0.548. The molecule has 1 rings (SSSR count). The third-order valence-corrected chi connectivity index (χ3v) is 1.99. The first-order valence-corrected chi connectivity index (χ1v) is 3.37. The molecule has 10 heavy (non-hydrogen) atoms. The molecule has 0 saturated heterocycles. The summed E-state index contributed by atoms with van der Waals surface area (Å²) >= 11 is 1.45. The van der Waals surface area contributed by atoms with E-state index in [9.17, 15) is 0 Å². The minimum absolute atomic E-state index is 0. The van der Waals surface area contributed by atoms with E-state index in [-0.39, 0.29) is 12.4 Å². The maximum Gasteiger partial charge on any atom is 0.110 e. The Labute approximate surface area is 69.7 Å². The van der Waals surface area contributed by atoms with Gasteiger partial charge in [-0.05, 0) is 12.1 Å². The van der Waals surface area contributed by atoms with E-state index < -0.39 is 0 Å². The van der Waals surface area contributed by atoms with E-state index in [1.807, 2.05) is 12.1 Å². The quantitative estimate of drug-likeness (QED) is 0.702. The van der Waals surface area contributed by atoms with Gasteiger partial charge in [0.15, 0.2) is 0 Å². The molecule has 1 heterocycles. The van der Waals surface area contributed by atoms with Crippen molar-refractivity contribution in [3.05, 3.63) is 21.9 Å². The van der Waals surface area contributed by atoms with Gasteiger partial charge in [0.1, 0.15) is 10.9 Å². The fraction of sp³-hybridized carbons (Fsp3) is 0.167. The highest BCUT2D eigenvalue weighted by Crippen LogP contribution is 2.13. The number of hydrogen-bond donors (Lipinski definition) is 1. The van der Waals surface area contributed by atoms with Crippen LogP contribution in [0.5, 0.6) is 0 Å². The molecule has 0 fully saturated rings. The largest absolute Gasteiger partial charge is 0.326 e. The van der Waals surface area contributed by atoms with Crippen molar-refractivity contribution in [3.63, 3.8) is 0 Å². The summed E-state index contributed by atoms with van der Waals surface area (Å²) in [6, 6.07) is 5.71. The maximum atomic E-state index is 8.37. The van der Waals surface area contributed by atoms with Crippen molar-refractivity contribution in [2.75, 3.05) is 0 Å². The van der Waals surface area contributed by atoms with Crippen LogP contribution in [0.3, 0.4) is 0 Å². The Hall–Kier alpha value is -0.560. The third-order valence-electron chi connectivity index (χ3n) is 0.973. The number of thiophene rings is 1. The average Bonchev–Trinajstić information content (AvgIpc) is 2.34. The highest BCUT2D eigenvalue weighted by atomic mass is 35.5. The van der Waals surface area contributed by atoms with Crippen LogP contribution < -0.4 is 5.73 Å². The van der Waals surface area contributed by atoms with Crippen molar-refractivity contribution in [2.45, 2.75) is 6.54 Å². The van der Waals surface area contributed by atoms with E-state index in [1.54, 1.807) is 6.07 Å². The van der Waals surface area contributed by atoms with Crippen molar-refractivity contribution in [1.82, 2.24) is 0 Å². The molecule has 0 spiro atoms. The predicted molar refractivity (Wildman–Crippen MR) is 44.2 cm³/mol. The van der Waals surface area contributed by atoms with Crippen LogP contribution in [0.1, 0.15) is 9.75 Å². The normalized spacial score (nSPS) is 8.00. The molecule has 2 nitrogen and oxygen atoms in total. The lowest BCUT2D eigenvalue weighted by atomic mass is 10.4. The van der Waals surface area contributed by atoms with Gasteiger partial charge in [0.2, 0.25) is 0 Å². The first-order valence-electron chi connectivity index (χ1n) is 2.55. The molecular weight excluding hydrogens is 168 g/mol. The molecule has 54 valence electrons. The number of nitrogens with zero attached hydrogens (tertiary/aromatic N) is 1. The second kappa shape index (κ2) is 4.29. The van der Waals surface area contributed by atoms with E-state index in [0.29, 0.717) is 6.54 Å². The van der Waals surface area contributed by atoms with Crippen molar-refractivity contribution < 1.29 is 0 Å². The van der Waals surface area contributed by atoms with Crippen LogP contribution in [0.25, 0.3) is 0 Å². The number of nitrogens with two attached hydrogens (primary N) is 1. The van der Waals surface area contributed by atoms with Gasteiger partial charge in [-0.3, -0.25) is 0 Å². The highest BCUT2D eigenvalue weighted by molar-refractivity contribution is 7.12. The Kier molecular flexibility index (Phi) is 4.05. The summed E-state index contributed by atoms with van der Waals surface area (Å²) in [5.41, 5.74) is 5.32. The number of nitriles is 1. The van der Waals surface area contributed by atoms with Gasteiger partial charge < -0.3 is 5.73 Å². The van der Waals surface area contributed by atoms with Gasteiger partial charge in [0.05, 0.1) is 0 Å². The monoisotopic (exact) mass is 174 g/mol. The number of hydrogen-bond acceptors (Lipinski definition) is 3. The van der Waals surface area contributed by atoms with Gasteiger partial charge in [0, 0.05) is 11.4 Å². The van der Waals surface area contributed by atoms with Crippen molar-refractivity contribution in [3.8, 4) is 6.07 Å². The molecule has 0 radical (unpaired) electrons. The minimum atomic E-state index is 0. The summed E-state index contributed by atoms with van der Waals surface area (Å²) in [6.45, 7) is 0.534. The summed E-state index contributed by atoms with van der Waals surface area (Å²) in [4.78, 5) is 1.79. The zero-order valence-electron chi connectivity index (χ0n) is 5.20. The molecule has 4 heteroatoms. The van der Waals surface area contributed by atoms with Crippen LogP contribution >= 0.6 is 23.7 Å². The van der Waals surface area contributed by atoms with E-state index in [0.717, 1.165) is 9.75 Å². The lowest BCUT2D eigenvalue weighted by Crippen LogP contribution is -1.90. The van der Waals surface area contributed by atoms with Crippen LogP contribution in [-0.4, -0.2) is 0 Å². The van der Waals surface area contributed by atoms with E-state index in [1.165, 1.54) is 11.3 Å². The Morgan fingerprint density at radius 1 is 1.60 bits per heavy atom. The van der Waals surface area contributed by atoms with Crippen LogP contribution in [0.15, 0.2) is 12.1 Å². The predicted octanol–water partition coefficient (Wildman–Crippen LogP) is 1.50. The summed E-state index contributed by atoms with van der Waals surface area (Å²) in [7, 11) is 0. The lowest BCUT2D eigenvalue weighted by Gasteiger charge is -1.80. The Balaban J connectivity index is 0.000000810. The Morgan fingerprint density at radius 3 is 2.60 bits per heavy atom. The van der Waals surface area contributed by atoms with E-state index in [4.69, 9.17) is 11.0 Å². The molecule has 0 aliphatic heterocycles. The summed E-state index contributed by atoms with van der Waals surface area (Å²) in [5, 5.41) is 8.37. The minimum Gasteiger partial charge on any atom is -0.326 e. The van der Waals surface area contributed by atoms with Crippen molar-refractivity contribution in [2.24, 2.45) is 5.73 Å². The van der Waals surface area contributed by atoms with Crippen LogP contribution in [0.2, 0.25) is 0 Å². The molecule has 0 saturated carbocycles. The topological polar surface area (TPSA) is 49.8 Å². The first-order chi connectivity index (χ1) is 4.36. The number of halogens is 1. The number of rotatable bonds is 1. The van der Waals surface area contributed by atoms with Gasteiger partial charge >= 0.3 is 0 Å².